The van der Waals surface area contributed by atoms with Crippen molar-refractivity contribution >= 4 is 15.9 Å². The molecule has 0 heterocycles. The van der Waals surface area contributed by atoms with E-state index >= 15 is 0 Å². The minimum Gasteiger partial charge on any atom is -0.155 e. The summed E-state index contributed by atoms with van der Waals surface area (Å²) in [6, 6.07) is -1.56. The molecule has 0 aromatic rings. The van der Waals surface area contributed by atoms with Gasteiger partial charge in [-0.1, -0.05) is 28.8 Å². The van der Waals surface area contributed by atoms with E-state index in [9.17, 15) is 26.3 Å². The van der Waals surface area contributed by atoms with Crippen LogP contribution >= 0.6 is 15.9 Å². The highest BCUT2D eigenvalue weighted by Crippen LogP contribution is 2.41. The Morgan fingerprint density at radius 1 is 0.875 bits per heavy atom. The largest absolute Gasteiger partial charge is 0.467 e. The Balaban J connectivity index is 2.92. The molecule has 1 aliphatic carbocycles. The minimum atomic E-state index is -5.38. The van der Waals surface area contributed by atoms with E-state index in [1.165, 1.54) is 0 Å². The van der Waals surface area contributed by atoms with E-state index in [4.69, 9.17) is 0 Å². The monoisotopic (exact) mass is 313 g/mol. The summed E-state index contributed by atoms with van der Waals surface area (Å²) in [5.41, 5.74) is 0. The molecule has 2 atom stereocenters. The van der Waals surface area contributed by atoms with Gasteiger partial charge >= 0.3 is 12.6 Å². The first-order valence-corrected chi connectivity index (χ1v) is 5.62. The molecule has 0 aromatic carbocycles. The molecule has 1 fully saturated rings. The zero-order valence-corrected chi connectivity index (χ0v) is 9.66. The summed E-state index contributed by atoms with van der Waals surface area (Å²) in [4.78, 5) is -2.07. The van der Waals surface area contributed by atoms with E-state index in [1.807, 2.05) is 0 Å². The lowest BCUT2D eigenvalue weighted by atomic mass is 9.94. The molecule has 0 spiro atoms. The fourth-order valence-electron chi connectivity index (χ4n) is 1.88. The summed E-state index contributed by atoms with van der Waals surface area (Å²) < 4.78 is 74.2. The molecule has 0 aromatic heterocycles. The highest BCUT2D eigenvalue weighted by Gasteiger charge is 2.58. The first kappa shape index (κ1) is 14.1. The molecule has 0 radical (unpaired) electrons. The second-order valence-electron chi connectivity index (χ2n) is 3.67. The predicted molar refractivity (Wildman–Crippen MR) is 48.9 cm³/mol. The van der Waals surface area contributed by atoms with Crippen LogP contribution in [0.25, 0.3) is 0 Å². The van der Waals surface area contributed by atoms with E-state index in [-0.39, 0.29) is 6.42 Å². The molecule has 1 saturated carbocycles. The van der Waals surface area contributed by atoms with Crippen LogP contribution in [0.2, 0.25) is 0 Å². The first-order valence-electron chi connectivity index (χ1n) is 4.71. The maximum absolute atomic E-state index is 12.4. The Morgan fingerprint density at radius 2 is 1.31 bits per heavy atom. The molecule has 96 valence electrons. The van der Waals surface area contributed by atoms with Gasteiger partial charge in [-0.05, 0) is 12.8 Å². The van der Waals surface area contributed by atoms with Gasteiger partial charge in [-0.15, -0.1) is 4.90 Å². The summed E-state index contributed by atoms with van der Waals surface area (Å²) in [6.07, 6.45) is -9.51. The third-order valence-corrected chi connectivity index (χ3v) is 3.59. The van der Waals surface area contributed by atoms with Gasteiger partial charge in [0.25, 0.3) is 0 Å². The van der Waals surface area contributed by atoms with Crippen molar-refractivity contribution in [2.75, 3.05) is 0 Å². The highest BCUT2D eigenvalue weighted by molar-refractivity contribution is 9.09. The lowest BCUT2D eigenvalue weighted by molar-refractivity contribution is -0.385. The number of hydrogen-bond donors (Lipinski definition) is 0. The van der Waals surface area contributed by atoms with Crippen LogP contribution in [0.4, 0.5) is 26.3 Å². The maximum Gasteiger partial charge on any atom is 0.467 e. The Kier molecular flexibility index (Phi) is 4.15. The zero-order valence-electron chi connectivity index (χ0n) is 8.08. The summed E-state index contributed by atoms with van der Waals surface area (Å²) in [7, 11) is 0. The van der Waals surface area contributed by atoms with Gasteiger partial charge in [0.15, 0.2) is 0 Å². The topological polar surface area (TPSA) is 3.24 Å². The normalized spacial score (nSPS) is 28.5. The van der Waals surface area contributed by atoms with Crippen molar-refractivity contribution in [3.8, 4) is 0 Å². The van der Waals surface area contributed by atoms with E-state index < -0.39 is 28.4 Å². The molecule has 0 saturated heterocycles. The van der Waals surface area contributed by atoms with Crippen molar-refractivity contribution in [3.63, 3.8) is 0 Å². The van der Waals surface area contributed by atoms with Gasteiger partial charge in [0.1, 0.15) is 0 Å². The van der Waals surface area contributed by atoms with E-state index in [2.05, 4.69) is 15.9 Å². The van der Waals surface area contributed by atoms with E-state index in [0.29, 0.717) is 19.3 Å². The smallest absolute Gasteiger partial charge is 0.155 e. The van der Waals surface area contributed by atoms with Crippen molar-refractivity contribution in [2.24, 2.45) is 0 Å². The summed E-state index contributed by atoms with van der Waals surface area (Å²) in [5.74, 6) is 0. The van der Waals surface area contributed by atoms with Crippen molar-refractivity contribution in [1.29, 1.82) is 0 Å². The number of hydrogen-bond acceptors (Lipinski definition) is 1. The maximum atomic E-state index is 12.4. The Bertz CT molecular complexity index is 224. The molecule has 0 amide bonds. The standard InChI is InChI=1S/C8H10BrF6N/c9-5-3-1-2-4-6(5)16(7(10,11)12)8(13,14)15/h5-6H,1-4H2/t5-,6-/m1/s1. The van der Waals surface area contributed by atoms with Gasteiger partial charge in [0.2, 0.25) is 0 Å². The van der Waals surface area contributed by atoms with Gasteiger partial charge in [-0.3, -0.25) is 0 Å². The average Bonchev–Trinajstić information content (AvgIpc) is 2.03. The zero-order chi connectivity index (χ0) is 12.6. The van der Waals surface area contributed by atoms with Crippen LogP contribution in [0.3, 0.4) is 0 Å². The third-order valence-electron chi connectivity index (χ3n) is 2.53. The molecule has 0 aliphatic heterocycles. The first-order chi connectivity index (χ1) is 7.14. The second-order valence-corrected chi connectivity index (χ2v) is 4.85. The predicted octanol–water partition coefficient (Wildman–Crippen LogP) is 4.03. The highest BCUT2D eigenvalue weighted by atomic mass is 79.9. The molecule has 0 N–H and O–H groups in total. The molecule has 1 aliphatic rings. The molecular formula is C8H10BrF6N. The Morgan fingerprint density at radius 3 is 1.69 bits per heavy atom. The SMILES string of the molecule is FC(F)(F)N([C@@H]1CCCC[C@H]1Br)C(F)(F)F. The van der Waals surface area contributed by atoms with Gasteiger partial charge in [0, 0.05) is 10.9 Å². The lowest BCUT2D eigenvalue weighted by Gasteiger charge is -2.38. The van der Waals surface area contributed by atoms with Gasteiger partial charge < -0.3 is 0 Å². The van der Waals surface area contributed by atoms with Gasteiger partial charge in [-0.2, -0.15) is 26.3 Å². The molecule has 8 heteroatoms. The Hall–Kier alpha value is 0.0200. The second kappa shape index (κ2) is 4.72. The molecule has 0 unspecified atom stereocenters. The van der Waals surface area contributed by atoms with Crippen LogP contribution in [0.5, 0.6) is 0 Å². The van der Waals surface area contributed by atoms with Crippen LogP contribution in [-0.2, 0) is 0 Å². The number of nitrogens with zero attached hydrogens (tertiary/aromatic N) is 1. The van der Waals surface area contributed by atoms with Crippen molar-refractivity contribution in [1.82, 2.24) is 4.90 Å². The van der Waals surface area contributed by atoms with E-state index in [0.717, 1.165) is 0 Å². The number of alkyl halides is 7. The van der Waals surface area contributed by atoms with Crippen molar-refractivity contribution < 1.29 is 26.3 Å². The molecule has 1 rings (SSSR count). The van der Waals surface area contributed by atoms with Crippen molar-refractivity contribution in [2.45, 2.75) is 49.2 Å². The van der Waals surface area contributed by atoms with Crippen LogP contribution in [0, 0.1) is 0 Å². The molecule has 16 heavy (non-hydrogen) atoms. The number of halogens is 7. The van der Waals surface area contributed by atoms with Crippen LogP contribution in [-0.4, -0.2) is 28.4 Å². The summed E-state index contributed by atoms with van der Waals surface area (Å²) in [5, 5.41) is 0. The van der Waals surface area contributed by atoms with Crippen LogP contribution in [0.1, 0.15) is 25.7 Å². The minimum absolute atomic E-state index is 0.102. The average molecular weight is 314 g/mol. The summed E-state index contributed by atoms with van der Waals surface area (Å²) in [6.45, 7) is 0. The molecule has 1 nitrogen and oxygen atoms in total. The Labute approximate surface area is 96.9 Å². The lowest BCUT2D eigenvalue weighted by Crippen LogP contribution is -2.57. The fourth-order valence-corrected chi connectivity index (χ4v) is 2.70. The third kappa shape index (κ3) is 3.26. The van der Waals surface area contributed by atoms with E-state index in [1.54, 1.807) is 0 Å². The number of rotatable bonds is 1. The fraction of sp³-hybridized carbons (Fsp3) is 1.00. The van der Waals surface area contributed by atoms with Gasteiger partial charge in [0.05, 0.1) is 0 Å². The summed E-state index contributed by atoms with van der Waals surface area (Å²) >= 11 is 2.90. The molecule has 0 bridgehead atoms. The van der Waals surface area contributed by atoms with Crippen LogP contribution < -0.4 is 0 Å². The van der Waals surface area contributed by atoms with Crippen molar-refractivity contribution in [3.05, 3.63) is 0 Å². The quantitative estimate of drug-likeness (QED) is 0.401. The molecular weight excluding hydrogens is 304 g/mol. The van der Waals surface area contributed by atoms with Gasteiger partial charge in [-0.25, -0.2) is 0 Å². The van der Waals surface area contributed by atoms with Crippen LogP contribution in [0.15, 0.2) is 0 Å².